The summed E-state index contributed by atoms with van der Waals surface area (Å²) in [5, 5.41) is 19.4. The van der Waals surface area contributed by atoms with Crippen molar-refractivity contribution < 1.29 is 42.5 Å². The van der Waals surface area contributed by atoms with Gasteiger partial charge in [-0.25, -0.2) is 9.59 Å². The van der Waals surface area contributed by atoms with Gasteiger partial charge < -0.3 is 19.8 Å². The molecular weight excluding hydrogens is 419 g/mol. The smallest absolute Gasteiger partial charge is 0.432 e. The lowest BCUT2D eigenvalue weighted by Crippen LogP contribution is -2.50. The molecule has 0 radical (unpaired) electrons. The van der Waals surface area contributed by atoms with Gasteiger partial charge in [-0.2, -0.15) is 13.2 Å². The van der Waals surface area contributed by atoms with Crippen LogP contribution in [0.4, 0.5) is 18.9 Å². The van der Waals surface area contributed by atoms with Crippen molar-refractivity contribution in [1.29, 1.82) is 0 Å². The minimum atomic E-state index is -5.35. The van der Waals surface area contributed by atoms with Crippen LogP contribution in [0.25, 0.3) is 0 Å². The van der Waals surface area contributed by atoms with Gasteiger partial charge >= 0.3 is 18.1 Å². The highest BCUT2D eigenvalue weighted by Gasteiger charge is 2.62. The van der Waals surface area contributed by atoms with E-state index in [1.54, 1.807) is 6.92 Å². The third kappa shape index (κ3) is 4.53. The number of rotatable bonds is 7. The highest BCUT2D eigenvalue weighted by Crippen LogP contribution is 2.40. The molecule has 0 aliphatic heterocycles. The molecule has 0 heterocycles. The van der Waals surface area contributed by atoms with Gasteiger partial charge in [0.05, 0.1) is 17.7 Å². The standard InChI is InChI=1S/C21H20F3NO6/c1-3-25(17(26)15-7-5-6-8-16(15)18(27)28)14-11-9-13(10-12-14)20(30,21(22,23)24)19(29)31-4-2/h5-12,30H,3-4H2,1-2H3,(H,27,28). The number of hydrogen-bond acceptors (Lipinski definition) is 5. The van der Waals surface area contributed by atoms with Crippen LogP contribution < -0.4 is 4.90 Å². The summed E-state index contributed by atoms with van der Waals surface area (Å²) >= 11 is 0. The number of anilines is 1. The van der Waals surface area contributed by atoms with E-state index in [1.165, 1.54) is 31.2 Å². The Kier molecular flexibility index (Phi) is 7.06. The zero-order valence-corrected chi connectivity index (χ0v) is 16.6. The number of aromatic carboxylic acids is 1. The van der Waals surface area contributed by atoms with Crippen molar-refractivity contribution in [2.45, 2.75) is 25.6 Å². The van der Waals surface area contributed by atoms with Crippen LogP contribution >= 0.6 is 0 Å². The molecule has 2 aromatic rings. The van der Waals surface area contributed by atoms with Gasteiger partial charge in [0.25, 0.3) is 11.5 Å². The number of aliphatic hydroxyl groups is 1. The number of halogens is 3. The zero-order chi connectivity index (χ0) is 23.4. The summed E-state index contributed by atoms with van der Waals surface area (Å²) in [4.78, 5) is 37.3. The maximum atomic E-state index is 13.5. The average molecular weight is 439 g/mol. The van der Waals surface area contributed by atoms with E-state index in [4.69, 9.17) is 0 Å². The first-order valence-corrected chi connectivity index (χ1v) is 9.20. The molecule has 0 saturated carbocycles. The third-order valence-corrected chi connectivity index (χ3v) is 4.53. The molecule has 0 bridgehead atoms. The first-order valence-electron chi connectivity index (χ1n) is 9.20. The molecule has 0 aromatic heterocycles. The molecule has 166 valence electrons. The number of alkyl halides is 3. The lowest BCUT2D eigenvalue weighted by molar-refractivity contribution is -0.267. The van der Waals surface area contributed by atoms with Crippen molar-refractivity contribution in [3.05, 3.63) is 65.2 Å². The minimum absolute atomic E-state index is 0.0769. The first kappa shape index (κ1) is 23.9. The quantitative estimate of drug-likeness (QED) is 0.641. The fraction of sp³-hybridized carbons (Fsp3) is 0.286. The van der Waals surface area contributed by atoms with E-state index in [0.717, 1.165) is 29.2 Å². The van der Waals surface area contributed by atoms with E-state index in [-0.39, 0.29) is 30.0 Å². The molecular formula is C21H20F3NO6. The van der Waals surface area contributed by atoms with Gasteiger partial charge in [-0.15, -0.1) is 0 Å². The zero-order valence-electron chi connectivity index (χ0n) is 16.6. The summed E-state index contributed by atoms with van der Waals surface area (Å²) in [6, 6.07) is 9.49. The summed E-state index contributed by atoms with van der Waals surface area (Å²) in [6.07, 6.45) is -5.35. The molecule has 0 aliphatic carbocycles. The number of carbonyl (C=O) groups is 3. The van der Waals surface area contributed by atoms with E-state index in [0.29, 0.717) is 0 Å². The Morgan fingerprint density at radius 1 is 0.968 bits per heavy atom. The monoisotopic (exact) mass is 439 g/mol. The Balaban J connectivity index is 2.46. The van der Waals surface area contributed by atoms with Crippen molar-refractivity contribution in [3.8, 4) is 0 Å². The van der Waals surface area contributed by atoms with E-state index in [9.17, 15) is 37.8 Å². The SMILES string of the molecule is CCOC(=O)C(O)(c1ccc(N(CC)C(=O)c2ccccc2C(=O)O)cc1)C(F)(F)F. The van der Waals surface area contributed by atoms with E-state index in [1.807, 2.05) is 0 Å². The number of nitrogens with zero attached hydrogens (tertiary/aromatic N) is 1. The largest absolute Gasteiger partial charge is 0.478 e. The van der Waals surface area contributed by atoms with Crippen LogP contribution in [0.2, 0.25) is 0 Å². The second-order valence-corrected chi connectivity index (χ2v) is 6.38. The van der Waals surface area contributed by atoms with Crippen molar-refractivity contribution in [1.82, 2.24) is 0 Å². The Hall–Kier alpha value is -3.40. The molecule has 31 heavy (non-hydrogen) atoms. The van der Waals surface area contributed by atoms with Crippen LogP contribution in [0.3, 0.4) is 0 Å². The predicted octanol–water partition coefficient (Wildman–Crippen LogP) is 3.36. The molecule has 1 unspecified atom stereocenters. The highest BCUT2D eigenvalue weighted by molar-refractivity contribution is 6.11. The van der Waals surface area contributed by atoms with Gasteiger partial charge in [-0.3, -0.25) is 4.79 Å². The number of benzene rings is 2. The van der Waals surface area contributed by atoms with Crippen molar-refractivity contribution in [3.63, 3.8) is 0 Å². The van der Waals surface area contributed by atoms with Gasteiger partial charge in [0.15, 0.2) is 0 Å². The molecule has 0 saturated heterocycles. The van der Waals surface area contributed by atoms with Crippen molar-refractivity contribution in [2.75, 3.05) is 18.1 Å². The molecule has 1 atom stereocenters. The Bertz CT molecular complexity index is 974. The number of amides is 1. The molecule has 0 spiro atoms. The lowest BCUT2D eigenvalue weighted by atomic mass is 9.92. The van der Waals surface area contributed by atoms with Crippen LogP contribution in [-0.2, 0) is 15.1 Å². The minimum Gasteiger partial charge on any atom is -0.478 e. The number of carbonyl (C=O) groups excluding carboxylic acids is 2. The summed E-state index contributed by atoms with van der Waals surface area (Å²) in [5.74, 6) is -3.85. The Labute approximate surface area is 175 Å². The topological polar surface area (TPSA) is 104 Å². The van der Waals surface area contributed by atoms with Gasteiger partial charge in [0.2, 0.25) is 0 Å². The first-order chi connectivity index (χ1) is 14.5. The van der Waals surface area contributed by atoms with E-state index < -0.39 is 35.2 Å². The normalized spacial score (nSPS) is 13.2. The van der Waals surface area contributed by atoms with Crippen molar-refractivity contribution in [2.24, 2.45) is 0 Å². The third-order valence-electron chi connectivity index (χ3n) is 4.53. The molecule has 0 aliphatic rings. The van der Waals surface area contributed by atoms with Crippen LogP contribution in [0.5, 0.6) is 0 Å². The van der Waals surface area contributed by atoms with Crippen LogP contribution in [0.15, 0.2) is 48.5 Å². The maximum absolute atomic E-state index is 13.5. The van der Waals surface area contributed by atoms with Gasteiger partial charge in [-0.1, -0.05) is 24.3 Å². The molecule has 2 N–H and O–H groups in total. The summed E-state index contributed by atoms with van der Waals surface area (Å²) in [6.45, 7) is 2.61. The number of carboxylic acid groups (broad SMARTS) is 1. The summed E-state index contributed by atoms with van der Waals surface area (Å²) in [7, 11) is 0. The Morgan fingerprint density at radius 3 is 1.97 bits per heavy atom. The predicted molar refractivity (Wildman–Crippen MR) is 104 cm³/mol. The maximum Gasteiger partial charge on any atom is 0.432 e. The fourth-order valence-electron chi connectivity index (χ4n) is 2.96. The molecule has 0 fully saturated rings. The molecule has 2 rings (SSSR count). The van der Waals surface area contributed by atoms with Crippen molar-refractivity contribution >= 4 is 23.5 Å². The van der Waals surface area contributed by atoms with Gasteiger partial charge in [0, 0.05) is 17.8 Å². The number of ether oxygens (including phenoxy) is 1. The van der Waals surface area contributed by atoms with Crippen LogP contribution in [0, 0.1) is 0 Å². The van der Waals surface area contributed by atoms with E-state index in [2.05, 4.69) is 4.74 Å². The number of esters is 1. The number of carboxylic acids is 1. The second kappa shape index (κ2) is 9.17. The molecule has 10 heteroatoms. The van der Waals surface area contributed by atoms with Gasteiger partial charge in [0.1, 0.15) is 0 Å². The highest BCUT2D eigenvalue weighted by atomic mass is 19.4. The summed E-state index contributed by atoms with van der Waals surface area (Å²) < 4.78 is 44.9. The van der Waals surface area contributed by atoms with Crippen LogP contribution in [0.1, 0.15) is 40.1 Å². The van der Waals surface area contributed by atoms with E-state index >= 15 is 0 Å². The molecule has 2 aromatic carbocycles. The summed E-state index contributed by atoms with van der Waals surface area (Å²) in [5.41, 5.74) is -4.84. The molecule has 1 amide bonds. The second-order valence-electron chi connectivity index (χ2n) is 6.38. The Morgan fingerprint density at radius 2 is 1.52 bits per heavy atom. The number of hydrogen-bond donors (Lipinski definition) is 2. The van der Waals surface area contributed by atoms with Gasteiger partial charge in [-0.05, 0) is 38.1 Å². The average Bonchev–Trinajstić information content (AvgIpc) is 2.73. The molecule has 7 nitrogen and oxygen atoms in total. The van der Waals surface area contributed by atoms with Crippen LogP contribution in [-0.4, -0.2) is 47.4 Å². The lowest BCUT2D eigenvalue weighted by Gasteiger charge is -2.29. The fourth-order valence-corrected chi connectivity index (χ4v) is 2.96.